The average molecular weight is 252 g/mol. The van der Waals surface area contributed by atoms with Crippen LogP contribution in [-0.2, 0) is 0 Å². The number of aliphatic hydroxyl groups is 1. The molecule has 1 aromatic rings. The van der Waals surface area contributed by atoms with Crippen molar-refractivity contribution in [2.75, 3.05) is 32.8 Å². The number of rotatable bonds is 4. The second kappa shape index (κ2) is 6.27. The van der Waals surface area contributed by atoms with E-state index in [4.69, 9.17) is 0 Å². The Bertz CT molecular complexity index is 391. The van der Waals surface area contributed by atoms with Crippen LogP contribution in [-0.4, -0.2) is 42.8 Å². The molecule has 0 saturated carbocycles. The number of hydrogen-bond acceptors (Lipinski definition) is 3. The second-order valence-electron chi connectivity index (χ2n) is 4.77. The normalized spacial score (nSPS) is 18.8. The summed E-state index contributed by atoms with van der Waals surface area (Å²) < 4.78 is 13.7. The molecule has 2 N–H and O–H groups in total. The van der Waals surface area contributed by atoms with Crippen molar-refractivity contribution in [1.29, 1.82) is 0 Å². The van der Waals surface area contributed by atoms with Crippen LogP contribution in [0.3, 0.4) is 0 Å². The molecule has 4 heteroatoms. The van der Waals surface area contributed by atoms with Crippen LogP contribution in [0.15, 0.2) is 18.2 Å². The standard InChI is InChI=1S/C14H21FN2O/c1-11-12(3-2-4-13(11)15)14(5-10-18)17-8-6-16-7-9-17/h2-4,14,16,18H,5-10H2,1H3/t14-/m0/s1. The third kappa shape index (κ3) is 2.88. The summed E-state index contributed by atoms with van der Waals surface area (Å²) in [5, 5.41) is 12.6. The van der Waals surface area contributed by atoms with Crippen molar-refractivity contribution in [2.24, 2.45) is 0 Å². The van der Waals surface area contributed by atoms with E-state index in [1.807, 2.05) is 13.0 Å². The van der Waals surface area contributed by atoms with E-state index in [-0.39, 0.29) is 18.5 Å². The van der Waals surface area contributed by atoms with Crippen molar-refractivity contribution in [3.8, 4) is 0 Å². The van der Waals surface area contributed by atoms with Gasteiger partial charge in [-0.3, -0.25) is 4.90 Å². The van der Waals surface area contributed by atoms with E-state index in [9.17, 15) is 9.50 Å². The molecule has 1 fully saturated rings. The first-order valence-corrected chi connectivity index (χ1v) is 6.54. The summed E-state index contributed by atoms with van der Waals surface area (Å²) in [6.45, 7) is 5.75. The molecule has 1 aromatic carbocycles. The number of aliphatic hydroxyl groups excluding tert-OH is 1. The maximum Gasteiger partial charge on any atom is 0.126 e. The Hall–Kier alpha value is -0.970. The summed E-state index contributed by atoms with van der Waals surface area (Å²) in [6, 6.07) is 5.34. The predicted octanol–water partition coefficient (Wildman–Crippen LogP) is 1.46. The topological polar surface area (TPSA) is 35.5 Å². The predicted molar refractivity (Wildman–Crippen MR) is 70.0 cm³/mol. The molecule has 0 bridgehead atoms. The lowest BCUT2D eigenvalue weighted by Gasteiger charge is -2.35. The molecule has 1 saturated heterocycles. The van der Waals surface area contributed by atoms with Crippen molar-refractivity contribution >= 4 is 0 Å². The van der Waals surface area contributed by atoms with Crippen molar-refractivity contribution in [2.45, 2.75) is 19.4 Å². The zero-order valence-corrected chi connectivity index (χ0v) is 10.8. The molecular weight excluding hydrogens is 231 g/mol. The van der Waals surface area contributed by atoms with Gasteiger partial charge in [0.05, 0.1) is 0 Å². The van der Waals surface area contributed by atoms with Gasteiger partial charge in [0.2, 0.25) is 0 Å². The van der Waals surface area contributed by atoms with Crippen LogP contribution in [0.25, 0.3) is 0 Å². The number of benzene rings is 1. The van der Waals surface area contributed by atoms with Gasteiger partial charge in [-0.15, -0.1) is 0 Å². The van der Waals surface area contributed by atoms with Crippen LogP contribution < -0.4 is 5.32 Å². The monoisotopic (exact) mass is 252 g/mol. The summed E-state index contributed by atoms with van der Waals surface area (Å²) in [7, 11) is 0. The highest BCUT2D eigenvalue weighted by Gasteiger charge is 2.23. The Morgan fingerprint density at radius 2 is 2.11 bits per heavy atom. The molecule has 1 atom stereocenters. The lowest BCUT2D eigenvalue weighted by Crippen LogP contribution is -2.45. The summed E-state index contributed by atoms with van der Waals surface area (Å²) in [6.07, 6.45) is 0.657. The largest absolute Gasteiger partial charge is 0.396 e. The van der Waals surface area contributed by atoms with E-state index < -0.39 is 0 Å². The Balaban J connectivity index is 2.25. The van der Waals surface area contributed by atoms with Crippen LogP contribution in [0.5, 0.6) is 0 Å². The van der Waals surface area contributed by atoms with Gasteiger partial charge in [0.15, 0.2) is 0 Å². The van der Waals surface area contributed by atoms with Gasteiger partial charge in [0, 0.05) is 38.8 Å². The Labute approximate surface area is 108 Å². The van der Waals surface area contributed by atoms with E-state index >= 15 is 0 Å². The highest BCUT2D eigenvalue weighted by atomic mass is 19.1. The maximum atomic E-state index is 13.7. The van der Waals surface area contributed by atoms with Crippen LogP contribution in [0, 0.1) is 12.7 Å². The molecule has 1 aliphatic heterocycles. The van der Waals surface area contributed by atoms with Crippen molar-refractivity contribution in [3.05, 3.63) is 35.1 Å². The fourth-order valence-electron chi connectivity index (χ4n) is 2.64. The molecule has 18 heavy (non-hydrogen) atoms. The third-order valence-electron chi connectivity index (χ3n) is 3.66. The minimum Gasteiger partial charge on any atom is -0.396 e. The fraction of sp³-hybridized carbons (Fsp3) is 0.571. The molecule has 0 radical (unpaired) electrons. The van der Waals surface area contributed by atoms with Gasteiger partial charge < -0.3 is 10.4 Å². The molecule has 0 aliphatic carbocycles. The molecule has 0 aromatic heterocycles. The zero-order valence-electron chi connectivity index (χ0n) is 10.8. The summed E-state index contributed by atoms with van der Waals surface area (Å²) >= 11 is 0. The van der Waals surface area contributed by atoms with E-state index in [1.165, 1.54) is 6.07 Å². The van der Waals surface area contributed by atoms with E-state index in [0.29, 0.717) is 12.0 Å². The van der Waals surface area contributed by atoms with E-state index in [0.717, 1.165) is 31.7 Å². The van der Waals surface area contributed by atoms with Crippen LogP contribution in [0.4, 0.5) is 4.39 Å². The molecular formula is C14H21FN2O. The fourth-order valence-corrected chi connectivity index (χ4v) is 2.64. The second-order valence-corrected chi connectivity index (χ2v) is 4.77. The first kappa shape index (κ1) is 13.5. The van der Waals surface area contributed by atoms with Crippen molar-refractivity contribution < 1.29 is 9.50 Å². The molecule has 1 aliphatic rings. The number of nitrogens with one attached hydrogen (secondary N) is 1. The minimum atomic E-state index is -0.162. The van der Waals surface area contributed by atoms with Gasteiger partial charge in [0.1, 0.15) is 5.82 Å². The molecule has 2 rings (SSSR count). The van der Waals surface area contributed by atoms with Gasteiger partial charge in [-0.25, -0.2) is 4.39 Å². The number of hydrogen-bond donors (Lipinski definition) is 2. The van der Waals surface area contributed by atoms with Crippen molar-refractivity contribution in [1.82, 2.24) is 10.2 Å². The molecule has 0 spiro atoms. The van der Waals surface area contributed by atoms with Gasteiger partial charge in [-0.2, -0.15) is 0 Å². The van der Waals surface area contributed by atoms with Crippen molar-refractivity contribution in [3.63, 3.8) is 0 Å². The van der Waals surface area contributed by atoms with Crippen LogP contribution in [0.2, 0.25) is 0 Å². The highest BCUT2D eigenvalue weighted by Crippen LogP contribution is 2.28. The van der Waals surface area contributed by atoms with E-state index in [1.54, 1.807) is 6.07 Å². The molecule has 0 unspecified atom stereocenters. The Kier molecular flexibility index (Phi) is 4.69. The highest BCUT2D eigenvalue weighted by molar-refractivity contribution is 5.30. The number of nitrogens with zero attached hydrogens (tertiary/aromatic N) is 1. The number of piperazine rings is 1. The lowest BCUT2D eigenvalue weighted by molar-refractivity contribution is 0.140. The Morgan fingerprint density at radius 1 is 1.39 bits per heavy atom. The van der Waals surface area contributed by atoms with Crippen LogP contribution in [0.1, 0.15) is 23.6 Å². The molecule has 100 valence electrons. The lowest BCUT2D eigenvalue weighted by atomic mass is 9.96. The summed E-state index contributed by atoms with van der Waals surface area (Å²) in [4.78, 5) is 2.33. The third-order valence-corrected chi connectivity index (χ3v) is 3.66. The quantitative estimate of drug-likeness (QED) is 0.851. The molecule has 1 heterocycles. The maximum absolute atomic E-state index is 13.7. The summed E-state index contributed by atoms with van der Waals surface area (Å²) in [5.74, 6) is -0.162. The van der Waals surface area contributed by atoms with Gasteiger partial charge in [0.25, 0.3) is 0 Å². The minimum absolute atomic E-state index is 0.118. The Morgan fingerprint density at radius 3 is 2.78 bits per heavy atom. The smallest absolute Gasteiger partial charge is 0.126 e. The van der Waals surface area contributed by atoms with Gasteiger partial charge in [-0.05, 0) is 30.5 Å². The average Bonchev–Trinajstić information content (AvgIpc) is 2.41. The zero-order chi connectivity index (χ0) is 13.0. The summed E-state index contributed by atoms with van der Waals surface area (Å²) in [5.41, 5.74) is 1.71. The van der Waals surface area contributed by atoms with Gasteiger partial charge >= 0.3 is 0 Å². The first-order chi connectivity index (χ1) is 8.74. The van der Waals surface area contributed by atoms with Crippen LogP contribution >= 0.6 is 0 Å². The molecule has 0 amide bonds. The SMILES string of the molecule is Cc1c(F)cccc1[C@H](CCO)N1CCNCC1. The first-order valence-electron chi connectivity index (χ1n) is 6.54. The number of halogens is 1. The van der Waals surface area contributed by atoms with Gasteiger partial charge in [-0.1, -0.05) is 12.1 Å². The molecule has 3 nitrogen and oxygen atoms in total. The van der Waals surface area contributed by atoms with E-state index in [2.05, 4.69) is 10.2 Å².